The van der Waals surface area contributed by atoms with Gasteiger partial charge in [-0.15, -0.1) is 0 Å². The molecule has 1 aliphatic rings. The van der Waals surface area contributed by atoms with Crippen molar-refractivity contribution in [2.24, 2.45) is 0 Å². The number of carbonyl (C=O) groups excluding carboxylic acids is 1. The molecule has 1 aromatic rings. The Balaban J connectivity index is 2.03. The number of piperidine rings is 1. The minimum absolute atomic E-state index is 0.0703. The molecule has 1 aliphatic heterocycles. The van der Waals surface area contributed by atoms with Crippen molar-refractivity contribution in [2.45, 2.75) is 44.6 Å². The van der Waals surface area contributed by atoms with Crippen LogP contribution in [0, 0.1) is 0 Å². The molecule has 0 radical (unpaired) electrons. The smallest absolute Gasteiger partial charge is 0.410 e. The van der Waals surface area contributed by atoms with Crippen molar-refractivity contribution >= 4 is 6.09 Å². The summed E-state index contributed by atoms with van der Waals surface area (Å²) in [7, 11) is 0. The van der Waals surface area contributed by atoms with E-state index < -0.39 is 5.60 Å². The van der Waals surface area contributed by atoms with Gasteiger partial charge in [-0.3, -0.25) is 4.98 Å². The van der Waals surface area contributed by atoms with Crippen molar-refractivity contribution in [1.82, 2.24) is 9.88 Å². The SMILES string of the molecule is CC(C)(C)OC(=O)N1CCC(CO)(c2cccnc2)CC1. The van der Waals surface area contributed by atoms with Crippen molar-refractivity contribution in [3.8, 4) is 0 Å². The van der Waals surface area contributed by atoms with Crippen LogP contribution in [0.15, 0.2) is 24.5 Å². The Morgan fingerprint density at radius 1 is 1.43 bits per heavy atom. The number of rotatable bonds is 2. The molecule has 0 aromatic carbocycles. The molecular formula is C16H24N2O3. The number of aliphatic hydroxyl groups excluding tert-OH is 1. The maximum Gasteiger partial charge on any atom is 0.410 e. The predicted molar refractivity (Wildman–Crippen MR) is 80.0 cm³/mol. The molecule has 1 amide bonds. The third-order valence-electron chi connectivity index (χ3n) is 3.95. The molecule has 0 spiro atoms. The summed E-state index contributed by atoms with van der Waals surface area (Å²) in [4.78, 5) is 17.9. The van der Waals surface area contributed by atoms with Gasteiger partial charge < -0.3 is 14.7 Å². The highest BCUT2D eigenvalue weighted by atomic mass is 16.6. The van der Waals surface area contributed by atoms with E-state index in [4.69, 9.17) is 4.74 Å². The van der Waals surface area contributed by atoms with Gasteiger partial charge in [-0.1, -0.05) is 6.07 Å². The first-order valence-electron chi connectivity index (χ1n) is 7.36. The molecule has 21 heavy (non-hydrogen) atoms. The minimum Gasteiger partial charge on any atom is -0.444 e. The van der Waals surface area contributed by atoms with Gasteiger partial charge >= 0.3 is 6.09 Å². The third-order valence-corrected chi connectivity index (χ3v) is 3.95. The molecule has 1 N–H and O–H groups in total. The Labute approximate surface area is 125 Å². The summed E-state index contributed by atoms with van der Waals surface area (Å²) in [6.07, 6.45) is 4.69. The average Bonchev–Trinajstić information content (AvgIpc) is 2.46. The molecule has 0 atom stereocenters. The van der Waals surface area contributed by atoms with Crippen LogP contribution >= 0.6 is 0 Å². The number of carbonyl (C=O) groups is 1. The van der Waals surface area contributed by atoms with E-state index in [1.807, 2.05) is 32.9 Å². The average molecular weight is 292 g/mol. The van der Waals surface area contributed by atoms with Crippen LogP contribution in [0.1, 0.15) is 39.2 Å². The minimum atomic E-state index is -0.480. The van der Waals surface area contributed by atoms with Gasteiger partial charge in [-0.05, 0) is 45.2 Å². The van der Waals surface area contributed by atoms with Crippen LogP contribution in [-0.4, -0.2) is 46.4 Å². The van der Waals surface area contributed by atoms with Gasteiger partial charge in [0.15, 0.2) is 0 Å². The molecular weight excluding hydrogens is 268 g/mol. The summed E-state index contributed by atoms with van der Waals surface area (Å²) >= 11 is 0. The maximum absolute atomic E-state index is 12.1. The zero-order chi connectivity index (χ0) is 15.5. The number of likely N-dealkylation sites (tertiary alicyclic amines) is 1. The van der Waals surface area contributed by atoms with E-state index in [9.17, 15) is 9.90 Å². The number of pyridine rings is 1. The van der Waals surface area contributed by atoms with Crippen molar-refractivity contribution in [3.63, 3.8) is 0 Å². The predicted octanol–water partition coefficient (Wildman–Crippen LogP) is 2.34. The summed E-state index contributed by atoms with van der Waals surface area (Å²) in [5.74, 6) is 0. The fourth-order valence-electron chi connectivity index (χ4n) is 2.66. The van der Waals surface area contributed by atoms with Gasteiger partial charge in [-0.25, -0.2) is 4.79 Å². The highest BCUT2D eigenvalue weighted by Gasteiger charge is 2.38. The number of amides is 1. The summed E-state index contributed by atoms with van der Waals surface area (Å²) < 4.78 is 5.40. The Morgan fingerprint density at radius 2 is 2.10 bits per heavy atom. The Kier molecular flexibility index (Phi) is 4.52. The zero-order valence-corrected chi connectivity index (χ0v) is 13.0. The lowest BCUT2D eigenvalue weighted by molar-refractivity contribution is 0.0123. The molecule has 1 aromatic heterocycles. The van der Waals surface area contributed by atoms with Gasteiger partial charge in [0.1, 0.15) is 5.60 Å². The summed E-state index contributed by atoms with van der Waals surface area (Å²) in [6, 6.07) is 3.87. The van der Waals surface area contributed by atoms with E-state index in [2.05, 4.69) is 4.98 Å². The lowest BCUT2D eigenvalue weighted by Gasteiger charge is -2.41. The number of nitrogens with zero attached hydrogens (tertiary/aromatic N) is 2. The van der Waals surface area contributed by atoms with E-state index in [1.165, 1.54) is 0 Å². The number of ether oxygens (including phenoxy) is 1. The van der Waals surface area contributed by atoms with E-state index >= 15 is 0 Å². The molecule has 1 saturated heterocycles. The molecule has 0 bridgehead atoms. The molecule has 1 fully saturated rings. The van der Waals surface area contributed by atoms with Gasteiger partial charge in [0, 0.05) is 30.9 Å². The second-order valence-electron chi connectivity index (χ2n) is 6.65. The largest absolute Gasteiger partial charge is 0.444 e. The number of hydrogen-bond donors (Lipinski definition) is 1. The summed E-state index contributed by atoms with van der Waals surface area (Å²) in [5, 5.41) is 9.84. The van der Waals surface area contributed by atoms with Crippen LogP contribution in [0.5, 0.6) is 0 Å². The second-order valence-corrected chi connectivity index (χ2v) is 6.65. The maximum atomic E-state index is 12.1. The summed E-state index contributed by atoms with van der Waals surface area (Å²) in [5.41, 5.74) is 0.259. The van der Waals surface area contributed by atoms with Crippen molar-refractivity contribution in [3.05, 3.63) is 30.1 Å². The van der Waals surface area contributed by atoms with Crippen LogP contribution in [0.25, 0.3) is 0 Å². The van der Waals surface area contributed by atoms with E-state index in [-0.39, 0.29) is 18.1 Å². The van der Waals surface area contributed by atoms with E-state index in [0.29, 0.717) is 25.9 Å². The highest BCUT2D eigenvalue weighted by Crippen LogP contribution is 2.35. The zero-order valence-electron chi connectivity index (χ0n) is 13.0. The molecule has 116 valence electrons. The van der Waals surface area contributed by atoms with E-state index in [0.717, 1.165) is 5.56 Å². The van der Waals surface area contributed by atoms with Gasteiger partial charge in [0.05, 0.1) is 6.61 Å². The van der Waals surface area contributed by atoms with Crippen LogP contribution < -0.4 is 0 Å². The van der Waals surface area contributed by atoms with Crippen molar-refractivity contribution in [1.29, 1.82) is 0 Å². The van der Waals surface area contributed by atoms with Crippen molar-refractivity contribution < 1.29 is 14.6 Å². The molecule has 2 heterocycles. The molecule has 5 nitrogen and oxygen atoms in total. The number of hydrogen-bond acceptors (Lipinski definition) is 4. The Hall–Kier alpha value is -1.62. The third kappa shape index (κ3) is 3.73. The fourth-order valence-corrected chi connectivity index (χ4v) is 2.66. The van der Waals surface area contributed by atoms with E-state index in [1.54, 1.807) is 17.3 Å². The first-order chi connectivity index (χ1) is 9.86. The normalized spacial score (nSPS) is 18.4. The lowest BCUT2D eigenvalue weighted by Crippen LogP contribution is -2.48. The topological polar surface area (TPSA) is 62.7 Å². The monoisotopic (exact) mass is 292 g/mol. The lowest BCUT2D eigenvalue weighted by atomic mass is 9.74. The van der Waals surface area contributed by atoms with Crippen LogP contribution in [0.2, 0.25) is 0 Å². The van der Waals surface area contributed by atoms with Crippen LogP contribution in [0.3, 0.4) is 0 Å². The molecule has 0 unspecified atom stereocenters. The first kappa shape index (κ1) is 15.8. The standard InChI is InChI=1S/C16H24N2O3/c1-15(2,3)21-14(20)18-9-6-16(12-19,7-10-18)13-5-4-8-17-11-13/h4-5,8,11,19H,6-7,9-10,12H2,1-3H3. The van der Waals surface area contributed by atoms with Gasteiger partial charge in [0.2, 0.25) is 0 Å². The van der Waals surface area contributed by atoms with Crippen LogP contribution in [0.4, 0.5) is 4.79 Å². The Bertz CT molecular complexity index is 474. The van der Waals surface area contributed by atoms with Crippen molar-refractivity contribution in [2.75, 3.05) is 19.7 Å². The first-order valence-corrected chi connectivity index (χ1v) is 7.36. The van der Waals surface area contributed by atoms with Gasteiger partial charge in [0.25, 0.3) is 0 Å². The van der Waals surface area contributed by atoms with Crippen LogP contribution in [-0.2, 0) is 10.2 Å². The fraction of sp³-hybridized carbons (Fsp3) is 0.625. The second kappa shape index (κ2) is 6.02. The molecule has 0 aliphatic carbocycles. The summed E-state index contributed by atoms with van der Waals surface area (Å²) in [6.45, 7) is 6.84. The molecule has 5 heteroatoms. The Morgan fingerprint density at radius 3 is 2.57 bits per heavy atom. The molecule has 0 saturated carbocycles. The van der Waals surface area contributed by atoms with Gasteiger partial charge in [-0.2, -0.15) is 0 Å². The molecule has 2 rings (SSSR count). The number of aliphatic hydroxyl groups is 1. The quantitative estimate of drug-likeness (QED) is 0.909. The highest BCUT2D eigenvalue weighted by molar-refractivity contribution is 5.68. The number of aromatic nitrogens is 1.